The Kier molecular flexibility index (Phi) is 3.44. The van der Waals surface area contributed by atoms with Crippen LogP contribution in [0.1, 0.15) is 50.0 Å². The molecule has 1 aromatic rings. The molecule has 18 heavy (non-hydrogen) atoms. The second-order valence-corrected chi connectivity index (χ2v) is 5.64. The van der Waals surface area contributed by atoms with Crippen molar-refractivity contribution in [2.24, 2.45) is 5.92 Å². The molecule has 1 aliphatic carbocycles. The summed E-state index contributed by atoms with van der Waals surface area (Å²) in [6.07, 6.45) is 7.77. The fraction of sp³-hybridized carbons (Fsp3) is 0.733. The van der Waals surface area contributed by atoms with Crippen LogP contribution in [0, 0.1) is 5.92 Å². The molecule has 0 radical (unpaired) electrons. The van der Waals surface area contributed by atoms with Crippen molar-refractivity contribution in [1.29, 1.82) is 0 Å². The zero-order valence-electron chi connectivity index (χ0n) is 11.1. The van der Waals surface area contributed by atoms with Crippen LogP contribution in [0.15, 0.2) is 12.3 Å². The van der Waals surface area contributed by atoms with Gasteiger partial charge in [0.25, 0.3) is 0 Å². The lowest BCUT2D eigenvalue weighted by Gasteiger charge is -2.23. The van der Waals surface area contributed by atoms with Crippen LogP contribution in [0.2, 0.25) is 0 Å². The van der Waals surface area contributed by atoms with Gasteiger partial charge in [-0.15, -0.1) is 0 Å². The van der Waals surface area contributed by atoms with Crippen LogP contribution in [0.3, 0.4) is 0 Å². The first-order valence-electron chi connectivity index (χ1n) is 7.27. The Balaban J connectivity index is 1.77. The van der Waals surface area contributed by atoms with Crippen molar-refractivity contribution in [3.05, 3.63) is 23.5 Å². The van der Waals surface area contributed by atoms with E-state index in [9.17, 15) is 5.11 Å². The highest BCUT2D eigenvalue weighted by Gasteiger charge is 2.28. The lowest BCUT2D eigenvalue weighted by atomic mass is 9.94. The van der Waals surface area contributed by atoms with E-state index in [1.165, 1.54) is 12.1 Å². The lowest BCUT2D eigenvalue weighted by molar-refractivity contribution is 0.0831. The average Bonchev–Trinajstić information content (AvgIpc) is 2.98. The molecule has 1 N–H and O–H groups in total. The number of rotatable bonds is 3. The van der Waals surface area contributed by atoms with Gasteiger partial charge in [-0.25, -0.2) is 0 Å². The molecule has 3 unspecified atom stereocenters. The van der Waals surface area contributed by atoms with E-state index in [4.69, 9.17) is 4.74 Å². The standard InChI is InChI=1S/C15H23NO2/c1-2-15-11(7-9-18-15)10-16-8-6-12-13(16)4-3-5-14(12)17/h6,8,11,14-15,17H,2-5,7,9-10H2,1H3. The summed E-state index contributed by atoms with van der Waals surface area (Å²) < 4.78 is 8.13. The summed E-state index contributed by atoms with van der Waals surface area (Å²) in [6.45, 7) is 4.17. The maximum absolute atomic E-state index is 10.00. The van der Waals surface area contributed by atoms with E-state index in [1.54, 1.807) is 0 Å². The molecule has 2 aliphatic rings. The highest BCUT2D eigenvalue weighted by Crippen LogP contribution is 2.32. The molecular weight excluding hydrogens is 226 g/mol. The van der Waals surface area contributed by atoms with Gasteiger partial charge in [-0.1, -0.05) is 6.92 Å². The van der Waals surface area contributed by atoms with E-state index in [0.717, 1.165) is 44.4 Å². The molecule has 1 aromatic heterocycles. The maximum Gasteiger partial charge on any atom is 0.0807 e. The molecule has 3 rings (SSSR count). The normalized spacial score (nSPS) is 31.6. The van der Waals surface area contributed by atoms with E-state index in [0.29, 0.717) is 12.0 Å². The van der Waals surface area contributed by atoms with Crippen molar-refractivity contribution >= 4 is 0 Å². The number of aromatic nitrogens is 1. The second kappa shape index (κ2) is 5.06. The van der Waals surface area contributed by atoms with Crippen LogP contribution in [-0.4, -0.2) is 22.4 Å². The Morgan fingerprint density at radius 3 is 3.17 bits per heavy atom. The summed E-state index contributed by atoms with van der Waals surface area (Å²) in [5.41, 5.74) is 2.52. The van der Waals surface area contributed by atoms with Gasteiger partial charge in [0, 0.05) is 36.5 Å². The first-order chi connectivity index (χ1) is 8.79. The van der Waals surface area contributed by atoms with Gasteiger partial charge in [0.15, 0.2) is 0 Å². The zero-order chi connectivity index (χ0) is 12.5. The molecule has 3 atom stereocenters. The molecule has 0 amide bonds. The predicted molar refractivity (Wildman–Crippen MR) is 70.5 cm³/mol. The van der Waals surface area contributed by atoms with Crippen molar-refractivity contribution in [3.63, 3.8) is 0 Å². The van der Waals surface area contributed by atoms with E-state index in [-0.39, 0.29) is 6.10 Å². The number of aliphatic hydroxyl groups is 1. The third kappa shape index (κ3) is 2.10. The minimum Gasteiger partial charge on any atom is -0.388 e. The van der Waals surface area contributed by atoms with Crippen molar-refractivity contribution in [2.75, 3.05) is 6.61 Å². The Bertz CT molecular complexity index is 413. The van der Waals surface area contributed by atoms with Gasteiger partial charge in [0.1, 0.15) is 0 Å². The Labute approximate surface area is 109 Å². The number of hydrogen-bond donors (Lipinski definition) is 1. The summed E-state index contributed by atoms with van der Waals surface area (Å²) >= 11 is 0. The molecule has 0 spiro atoms. The minimum absolute atomic E-state index is 0.239. The van der Waals surface area contributed by atoms with Gasteiger partial charge in [-0.3, -0.25) is 0 Å². The third-order valence-electron chi connectivity index (χ3n) is 4.54. The third-order valence-corrected chi connectivity index (χ3v) is 4.54. The molecule has 2 heterocycles. The molecule has 1 fully saturated rings. The van der Waals surface area contributed by atoms with Crippen molar-refractivity contribution in [2.45, 2.75) is 57.8 Å². The summed E-state index contributed by atoms with van der Waals surface area (Å²) in [7, 11) is 0. The largest absolute Gasteiger partial charge is 0.388 e. The van der Waals surface area contributed by atoms with E-state index >= 15 is 0 Å². The zero-order valence-corrected chi connectivity index (χ0v) is 11.1. The number of aliphatic hydroxyl groups excluding tert-OH is 1. The molecule has 3 heteroatoms. The van der Waals surface area contributed by atoms with Crippen LogP contribution in [-0.2, 0) is 17.7 Å². The first kappa shape index (κ1) is 12.2. The predicted octanol–water partition coefficient (Wildman–Crippen LogP) is 2.67. The molecular formula is C15H23NO2. The molecule has 0 saturated carbocycles. The lowest BCUT2D eigenvalue weighted by Crippen LogP contribution is -2.22. The summed E-state index contributed by atoms with van der Waals surface area (Å²) in [5, 5.41) is 10.00. The molecule has 1 saturated heterocycles. The maximum atomic E-state index is 10.00. The average molecular weight is 249 g/mol. The van der Waals surface area contributed by atoms with Crippen molar-refractivity contribution in [3.8, 4) is 0 Å². The van der Waals surface area contributed by atoms with Crippen molar-refractivity contribution < 1.29 is 9.84 Å². The molecule has 3 nitrogen and oxygen atoms in total. The highest BCUT2D eigenvalue weighted by molar-refractivity contribution is 5.27. The van der Waals surface area contributed by atoms with Crippen LogP contribution in [0.4, 0.5) is 0 Å². The molecule has 0 bridgehead atoms. The number of hydrogen-bond acceptors (Lipinski definition) is 2. The topological polar surface area (TPSA) is 34.4 Å². The number of nitrogens with zero attached hydrogens (tertiary/aromatic N) is 1. The second-order valence-electron chi connectivity index (χ2n) is 5.64. The van der Waals surface area contributed by atoms with Crippen molar-refractivity contribution in [1.82, 2.24) is 4.57 Å². The van der Waals surface area contributed by atoms with E-state index < -0.39 is 0 Å². The fourth-order valence-corrected chi connectivity index (χ4v) is 3.51. The Hall–Kier alpha value is -0.800. The highest BCUT2D eigenvalue weighted by atomic mass is 16.5. The molecule has 100 valence electrons. The van der Waals surface area contributed by atoms with Crippen LogP contribution >= 0.6 is 0 Å². The first-order valence-corrected chi connectivity index (χ1v) is 7.27. The van der Waals surface area contributed by atoms with Gasteiger partial charge >= 0.3 is 0 Å². The van der Waals surface area contributed by atoms with Gasteiger partial charge in [-0.2, -0.15) is 0 Å². The van der Waals surface area contributed by atoms with Gasteiger partial charge in [0.2, 0.25) is 0 Å². The smallest absolute Gasteiger partial charge is 0.0807 e. The van der Waals surface area contributed by atoms with E-state index in [1.807, 2.05) is 0 Å². The SMILES string of the molecule is CCC1OCCC1Cn1ccc2c1CCCC2O. The van der Waals surface area contributed by atoms with Crippen LogP contribution in [0.25, 0.3) is 0 Å². The molecule has 1 aliphatic heterocycles. The Morgan fingerprint density at radius 2 is 2.33 bits per heavy atom. The monoisotopic (exact) mass is 249 g/mol. The summed E-state index contributed by atoms with van der Waals surface area (Å²) in [4.78, 5) is 0. The quantitative estimate of drug-likeness (QED) is 0.893. The van der Waals surface area contributed by atoms with Gasteiger partial charge in [0.05, 0.1) is 12.2 Å². The summed E-state index contributed by atoms with van der Waals surface area (Å²) in [6, 6.07) is 2.11. The van der Waals surface area contributed by atoms with Gasteiger partial charge in [-0.05, 0) is 38.2 Å². The van der Waals surface area contributed by atoms with E-state index in [2.05, 4.69) is 23.8 Å². The number of ether oxygens (including phenoxy) is 1. The summed E-state index contributed by atoms with van der Waals surface area (Å²) in [5.74, 6) is 0.644. The molecule has 0 aromatic carbocycles. The van der Waals surface area contributed by atoms with Gasteiger partial charge < -0.3 is 14.4 Å². The minimum atomic E-state index is -0.239. The van der Waals surface area contributed by atoms with Crippen LogP contribution in [0.5, 0.6) is 0 Å². The van der Waals surface area contributed by atoms with Crippen LogP contribution < -0.4 is 0 Å². The fourth-order valence-electron chi connectivity index (χ4n) is 3.51. The Morgan fingerprint density at radius 1 is 1.44 bits per heavy atom. The number of fused-ring (bicyclic) bond motifs is 1.